The molecule has 1 heterocycles. The second-order valence-corrected chi connectivity index (χ2v) is 6.07. The maximum absolute atomic E-state index is 13.3. The molecule has 2 rings (SSSR count). The first kappa shape index (κ1) is 16.8. The zero-order valence-corrected chi connectivity index (χ0v) is 14.5. The zero-order chi connectivity index (χ0) is 16.3. The van der Waals surface area contributed by atoms with E-state index in [2.05, 4.69) is 42.2 Å². The van der Waals surface area contributed by atoms with E-state index >= 15 is 0 Å². The van der Waals surface area contributed by atoms with E-state index < -0.39 is 11.6 Å². The molecule has 0 spiro atoms. The Hall–Kier alpha value is -1.60. The van der Waals surface area contributed by atoms with E-state index in [1.807, 2.05) is 0 Å². The van der Waals surface area contributed by atoms with Gasteiger partial charge in [-0.05, 0) is 67.8 Å². The Morgan fingerprint density at radius 3 is 2.41 bits per heavy atom. The largest absolute Gasteiger partial charge is 0.324 e. The van der Waals surface area contributed by atoms with Crippen molar-refractivity contribution in [3.63, 3.8) is 0 Å². The molecule has 0 aliphatic heterocycles. The fraction of sp³-hybridized carbons (Fsp3) is 0.0667. The molecule has 0 bridgehead atoms. The van der Waals surface area contributed by atoms with Gasteiger partial charge >= 0.3 is 0 Å². The minimum Gasteiger partial charge on any atom is -0.324 e. The number of aromatic nitrogens is 1. The first-order valence-electron chi connectivity index (χ1n) is 6.13. The average molecular weight is 432 g/mol. The number of carbonyl (C=O) groups is 1. The number of amides is 1. The maximum atomic E-state index is 13.3. The smallest absolute Gasteiger partial charge is 0.221 e. The van der Waals surface area contributed by atoms with Crippen molar-refractivity contribution in [2.45, 2.75) is 6.92 Å². The van der Waals surface area contributed by atoms with Crippen molar-refractivity contribution in [1.82, 2.24) is 10.3 Å². The normalized spacial score (nSPS) is 11.4. The number of nitrogens with one attached hydrogen (secondary N) is 1. The van der Waals surface area contributed by atoms with Gasteiger partial charge in [-0.3, -0.25) is 4.79 Å². The summed E-state index contributed by atoms with van der Waals surface area (Å²) in [6, 6.07) is 6.57. The number of hydrogen-bond acceptors (Lipinski definition) is 2. The van der Waals surface area contributed by atoms with Crippen molar-refractivity contribution in [1.29, 1.82) is 0 Å². The summed E-state index contributed by atoms with van der Waals surface area (Å²) in [5, 5.41) is 2.62. The zero-order valence-electron chi connectivity index (χ0n) is 11.3. The van der Waals surface area contributed by atoms with Gasteiger partial charge in [0.05, 0.1) is 5.70 Å². The van der Waals surface area contributed by atoms with Crippen molar-refractivity contribution in [3.8, 4) is 0 Å². The van der Waals surface area contributed by atoms with Crippen LogP contribution in [0.5, 0.6) is 0 Å². The summed E-state index contributed by atoms with van der Waals surface area (Å²) < 4.78 is 27.8. The van der Waals surface area contributed by atoms with Crippen LogP contribution in [0.4, 0.5) is 8.78 Å². The molecule has 0 saturated carbocycles. The number of pyridine rings is 1. The maximum Gasteiger partial charge on any atom is 0.221 e. The lowest BCUT2D eigenvalue weighted by Gasteiger charge is -2.10. The highest BCUT2D eigenvalue weighted by Gasteiger charge is 2.11. The van der Waals surface area contributed by atoms with E-state index in [1.165, 1.54) is 13.0 Å². The molecule has 1 aromatic carbocycles. The third-order valence-corrected chi connectivity index (χ3v) is 3.66. The molecule has 0 aliphatic carbocycles. The number of nitrogens with zero attached hydrogens (tertiary/aromatic N) is 1. The molecule has 0 atom stereocenters. The lowest BCUT2D eigenvalue weighted by molar-refractivity contribution is -0.117. The number of rotatable bonds is 3. The van der Waals surface area contributed by atoms with Gasteiger partial charge in [-0.2, -0.15) is 0 Å². The molecule has 3 nitrogen and oxygen atoms in total. The highest BCUT2D eigenvalue weighted by Crippen LogP contribution is 2.25. The molecule has 0 radical (unpaired) electrons. The van der Waals surface area contributed by atoms with Crippen molar-refractivity contribution in [2.24, 2.45) is 0 Å². The fourth-order valence-corrected chi connectivity index (χ4v) is 2.53. The van der Waals surface area contributed by atoms with Crippen molar-refractivity contribution < 1.29 is 13.6 Å². The van der Waals surface area contributed by atoms with Gasteiger partial charge < -0.3 is 5.32 Å². The minimum atomic E-state index is -0.699. The van der Waals surface area contributed by atoms with Crippen LogP contribution in [0.15, 0.2) is 39.4 Å². The fourth-order valence-electron chi connectivity index (χ4n) is 1.79. The minimum absolute atomic E-state index is 0.273. The van der Waals surface area contributed by atoms with Crippen LogP contribution in [0.1, 0.15) is 18.2 Å². The highest BCUT2D eigenvalue weighted by molar-refractivity contribution is 9.11. The molecule has 0 fully saturated rings. The van der Waals surface area contributed by atoms with E-state index in [9.17, 15) is 13.6 Å². The molecule has 0 saturated heterocycles. The summed E-state index contributed by atoms with van der Waals surface area (Å²) in [5.41, 5.74) is 1.04. The van der Waals surface area contributed by atoms with Gasteiger partial charge in [0.25, 0.3) is 0 Å². The SMILES string of the molecule is CC(=O)NC(=Cc1cc(F)cc(F)c1)c1nc(Br)ccc1Br. The van der Waals surface area contributed by atoms with Crippen LogP contribution >= 0.6 is 31.9 Å². The van der Waals surface area contributed by atoms with Crippen LogP contribution in [0, 0.1) is 11.6 Å². The lowest BCUT2D eigenvalue weighted by Crippen LogP contribution is -2.19. The summed E-state index contributed by atoms with van der Waals surface area (Å²) in [6.07, 6.45) is 1.45. The summed E-state index contributed by atoms with van der Waals surface area (Å²) >= 11 is 6.59. The number of benzene rings is 1. The quantitative estimate of drug-likeness (QED) is 0.726. The van der Waals surface area contributed by atoms with Crippen LogP contribution in [0.25, 0.3) is 11.8 Å². The standard InChI is InChI=1S/C15H10Br2F2N2O/c1-8(22)20-13(15-12(16)2-3-14(17)21-15)6-9-4-10(18)7-11(19)5-9/h2-7H,1H3,(H,20,22). The Bertz CT molecular complexity index is 743. The monoisotopic (exact) mass is 430 g/mol. The molecule has 1 aromatic heterocycles. The predicted molar refractivity (Wildman–Crippen MR) is 87.7 cm³/mol. The second kappa shape index (κ2) is 7.11. The first-order chi connectivity index (χ1) is 10.3. The molecular weight excluding hydrogens is 422 g/mol. The van der Waals surface area contributed by atoms with Crippen molar-refractivity contribution in [3.05, 3.63) is 62.3 Å². The van der Waals surface area contributed by atoms with Gasteiger partial charge in [0.1, 0.15) is 21.9 Å². The van der Waals surface area contributed by atoms with Crippen LogP contribution in [-0.4, -0.2) is 10.9 Å². The first-order valence-corrected chi connectivity index (χ1v) is 7.71. The highest BCUT2D eigenvalue weighted by atomic mass is 79.9. The van der Waals surface area contributed by atoms with Gasteiger partial charge in [-0.25, -0.2) is 13.8 Å². The Kier molecular flexibility index (Phi) is 5.42. The summed E-state index contributed by atoms with van der Waals surface area (Å²) in [5.74, 6) is -1.72. The number of hydrogen-bond donors (Lipinski definition) is 1. The molecule has 0 aliphatic rings. The van der Waals surface area contributed by atoms with Crippen molar-refractivity contribution in [2.75, 3.05) is 0 Å². The predicted octanol–water partition coefficient (Wildman–Crippen LogP) is 4.52. The third kappa shape index (κ3) is 4.45. The molecule has 22 heavy (non-hydrogen) atoms. The summed E-state index contributed by atoms with van der Waals surface area (Å²) in [4.78, 5) is 15.7. The van der Waals surface area contributed by atoms with Crippen LogP contribution < -0.4 is 5.32 Å². The van der Waals surface area contributed by atoms with E-state index in [0.29, 0.717) is 20.5 Å². The molecule has 1 N–H and O–H groups in total. The molecule has 2 aromatic rings. The third-order valence-electron chi connectivity index (χ3n) is 2.57. The van der Waals surface area contributed by atoms with Gasteiger partial charge in [-0.1, -0.05) is 0 Å². The van der Waals surface area contributed by atoms with Crippen molar-refractivity contribution >= 4 is 49.5 Å². The summed E-state index contributed by atoms with van der Waals surface area (Å²) in [7, 11) is 0. The van der Waals surface area contributed by atoms with Gasteiger partial charge in [0, 0.05) is 17.5 Å². The molecule has 7 heteroatoms. The molecule has 114 valence electrons. The van der Waals surface area contributed by atoms with E-state index in [-0.39, 0.29) is 11.5 Å². The number of halogens is 4. The lowest BCUT2D eigenvalue weighted by atomic mass is 10.1. The number of carbonyl (C=O) groups excluding carboxylic acids is 1. The van der Waals surface area contributed by atoms with E-state index in [0.717, 1.165) is 18.2 Å². The van der Waals surface area contributed by atoms with Crippen LogP contribution in [0.2, 0.25) is 0 Å². The Morgan fingerprint density at radius 1 is 1.18 bits per heavy atom. The molecule has 0 unspecified atom stereocenters. The molecule has 1 amide bonds. The molecular formula is C15H10Br2F2N2O. The van der Waals surface area contributed by atoms with Gasteiger partial charge in [-0.15, -0.1) is 0 Å². The van der Waals surface area contributed by atoms with E-state index in [4.69, 9.17) is 0 Å². The Labute approximate surface area is 142 Å². The van der Waals surface area contributed by atoms with Gasteiger partial charge in [0.2, 0.25) is 5.91 Å². The second-order valence-electron chi connectivity index (χ2n) is 4.41. The average Bonchev–Trinajstić information content (AvgIpc) is 2.39. The van der Waals surface area contributed by atoms with Crippen LogP contribution in [-0.2, 0) is 4.79 Å². The Morgan fingerprint density at radius 2 is 1.82 bits per heavy atom. The Balaban J connectivity index is 2.56. The van der Waals surface area contributed by atoms with Gasteiger partial charge in [0.15, 0.2) is 0 Å². The topological polar surface area (TPSA) is 42.0 Å². The van der Waals surface area contributed by atoms with E-state index in [1.54, 1.807) is 12.1 Å². The van der Waals surface area contributed by atoms with Crippen LogP contribution in [0.3, 0.4) is 0 Å². The summed E-state index contributed by atoms with van der Waals surface area (Å²) in [6.45, 7) is 1.34.